The zero-order valence-electron chi connectivity index (χ0n) is 17.8. The highest BCUT2D eigenvalue weighted by Crippen LogP contribution is 2.43. The lowest BCUT2D eigenvalue weighted by atomic mass is 10.1. The monoisotopic (exact) mass is 437 g/mol. The number of hydrogen-bond donors (Lipinski definition) is 0. The van der Waals surface area contributed by atoms with Crippen LogP contribution < -0.4 is 4.90 Å². The maximum Gasteiger partial charge on any atom is 0.332 e. The Balaban J connectivity index is 1.37. The molecule has 3 aromatic rings. The number of likely N-dealkylation sites (tertiary alicyclic amines) is 1. The van der Waals surface area contributed by atoms with E-state index in [1.807, 2.05) is 25.1 Å². The Morgan fingerprint density at radius 2 is 1.91 bits per heavy atom. The molecule has 3 aliphatic rings. The Hall–Kier alpha value is -4.25. The van der Waals surface area contributed by atoms with Gasteiger partial charge in [-0.3, -0.25) is 9.59 Å². The number of carbonyl (C=O) groups is 3. The van der Waals surface area contributed by atoms with Gasteiger partial charge < -0.3 is 9.80 Å². The normalized spacial score (nSPS) is 23.4. The summed E-state index contributed by atoms with van der Waals surface area (Å²) >= 11 is 0. The van der Waals surface area contributed by atoms with Gasteiger partial charge >= 0.3 is 6.03 Å². The average Bonchev–Trinajstić information content (AvgIpc) is 3.49. The Bertz CT molecular complexity index is 1410. The summed E-state index contributed by atoms with van der Waals surface area (Å²) in [6.45, 7) is 2.34. The number of nitrogens with zero attached hydrogens (tertiary/aromatic N) is 5. The maximum atomic E-state index is 13.6. The van der Waals surface area contributed by atoms with Crippen molar-refractivity contribution in [2.45, 2.75) is 31.5 Å². The third-order valence-corrected chi connectivity index (χ3v) is 6.91. The van der Waals surface area contributed by atoms with Gasteiger partial charge in [0.15, 0.2) is 0 Å². The van der Waals surface area contributed by atoms with Gasteiger partial charge in [-0.2, -0.15) is 5.26 Å². The van der Waals surface area contributed by atoms with E-state index in [2.05, 4.69) is 11.1 Å². The van der Waals surface area contributed by atoms with Crippen LogP contribution in [0.4, 0.5) is 10.5 Å². The number of fused-ring (bicyclic) bond motifs is 6. The molecule has 3 atom stereocenters. The molecule has 4 amide bonds. The molecule has 162 valence electrons. The van der Waals surface area contributed by atoms with Crippen molar-refractivity contribution in [3.8, 4) is 6.07 Å². The van der Waals surface area contributed by atoms with Crippen molar-refractivity contribution in [1.82, 2.24) is 14.8 Å². The minimum absolute atomic E-state index is 0.116. The Kier molecular flexibility index (Phi) is 4.05. The number of rotatable bonds is 2. The van der Waals surface area contributed by atoms with Gasteiger partial charge in [0.2, 0.25) is 0 Å². The van der Waals surface area contributed by atoms with Crippen LogP contribution in [0.2, 0.25) is 0 Å². The molecule has 0 aliphatic carbocycles. The van der Waals surface area contributed by atoms with Gasteiger partial charge in [-0.25, -0.2) is 14.7 Å². The molecule has 1 aromatic heterocycles. The van der Waals surface area contributed by atoms with Crippen LogP contribution in [0, 0.1) is 18.3 Å². The smallest absolute Gasteiger partial charge is 0.331 e. The number of nitriles is 1. The fourth-order valence-electron chi connectivity index (χ4n) is 5.50. The fourth-order valence-corrected chi connectivity index (χ4v) is 5.50. The first-order valence-electron chi connectivity index (χ1n) is 10.8. The fraction of sp³-hybridized carbons (Fsp3) is 0.240. The molecular formula is C25H19N5O3. The SMILES string of the molecule is Cc1cccc(C(=O)N2C[C@H]3CC2[C@H]2C(=O)N(c4cnc(C#N)c5ccccc45)C(=O)N32)c1. The third kappa shape index (κ3) is 2.62. The Morgan fingerprint density at radius 1 is 1.12 bits per heavy atom. The first kappa shape index (κ1) is 19.4. The van der Waals surface area contributed by atoms with Crippen LogP contribution in [0.5, 0.6) is 0 Å². The standard InChI is InChI=1S/C25H19N5O3/c1-14-5-4-6-15(9-14)23(31)28-13-16-10-20(28)22-24(32)30(25(33)29(16)22)21-12-27-19(11-26)17-7-2-3-8-18(17)21/h2-9,12,16,20,22H,10,13H2,1H3/t16-,20?,22+/m1/s1. The summed E-state index contributed by atoms with van der Waals surface area (Å²) in [6.07, 6.45) is 2.01. The minimum Gasteiger partial charge on any atom is -0.331 e. The summed E-state index contributed by atoms with van der Waals surface area (Å²) in [5, 5.41) is 10.6. The van der Waals surface area contributed by atoms with Gasteiger partial charge in [0.25, 0.3) is 11.8 Å². The van der Waals surface area contributed by atoms with Crippen molar-refractivity contribution < 1.29 is 14.4 Å². The second-order valence-electron chi connectivity index (χ2n) is 8.74. The van der Waals surface area contributed by atoms with E-state index in [9.17, 15) is 19.6 Å². The molecule has 0 spiro atoms. The maximum absolute atomic E-state index is 13.6. The van der Waals surface area contributed by atoms with Crippen LogP contribution in [0.25, 0.3) is 10.8 Å². The average molecular weight is 437 g/mol. The number of aryl methyl sites for hydroxylation is 1. The number of piperazine rings is 1. The van der Waals surface area contributed by atoms with Crippen LogP contribution in [0.15, 0.2) is 54.7 Å². The number of benzene rings is 2. The van der Waals surface area contributed by atoms with Gasteiger partial charge in [-0.05, 0) is 25.5 Å². The zero-order chi connectivity index (χ0) is 22.9. The van der Waals surface area contributed by atoms with E-state index in [0.717, 1.165) is 5.56 Å². The van der Waals surface area contributed by atoms with Crippen molar-refractivity contribution in [2.75, 3.05) is 11.4 Å². The number of aromatic nitrogens is 1. The van der Waals surface area contributed by atoms with E-state index in [-0.39, 0.29) is 29.6 Å². The van der Waals surface area contributed by atoms with Crippen molar-refractivity contribution in [3.63, 3.8) is 0 Å². The minimum atomic E-state index is -0.709. The number of imide groups is 1. The topological polar surface area (TPSA) is 97.6 Å². The second kappa shape index (κ2) is 6.87. The van der Waals surface area contributed by atoms with E-state index in [1.54, 1.807) is 40.1 Å². The molecule has 3 saturated heterocycles. The van der Waals surface area contributed by atoms with E-state index < -0.39 is 12.1 Å². The molecule has 33 heavy (non-hydrogen) atoms. The van der Waals surface area contributed by atoms with Crippen LogP contribution in [0.3, 0.4) is 0 Å². The number of hydrogen-bond acceptors (Lipinski definition) is 5. The van der Waals surface area contributed by atoms with Gasteiger partial charge in [-0.15, -0.1) is 0 Å². The van der Waals surface area contributed by atoms with Gasteiger partial charge in [0, 0.05) is 22.9 Å². The summed E-state index contributed by atoms with van der Waals surface area (Å²) in [5.41, 5.74) is 2.18. The molecule has 6 rings (SSSR count). The van der Waals surface area contributed by atoms with Crippen molar-refractivity contribution >= 4 is 34.3 Å². The van der Waals surface area contributed by atoms with E-state index in [4.69, 9.17) is 0 Å². The Morgan fingerprint density at radius 3 is 2.67 bits per heavy atom. The molecule has 0 radical (unpaired) electrons. The molecule has 8 heteroatoms. The highest BCUT2D eigenvalue weighted by molar-refractivity contribution is 6.25. The van der Waals surface area contributed by atoms with Crippen LogP contribution in [-0.2, 0) is 4.79 Å². The number of pyridine rings is 1. The zero-order valence-corrected chi connectivity index (χ0v) is 17.8. The second-order valence-corrected chi connectivity index (χ2v) is 8.74. The molecule has 0 N–H and O–H groups in total. The molecule has 1 unspecified atom stereocenters. The molecule has 8 nitrogen and oxygen atoms in total. The first-order chi connectivity index (χ1) is 16.0. The largest absolute Gasteiger partial charge is 0.332 e. The lowest BCUT2D eigenvalue weighted by Gasteiger charge is -2.35. The molecule has 2 bridgehead atoms. The first-order valence-corrected chi connectivity index (χ1v) is 10.8. The van der Waals surface area contributed by atoms with Gasteiger partial charge in [0.05, 0.1) is 24.0 Å². The molecule has 0 saturated carbocycles. The van der Waals surface area contributed by atoms with Crippen LogP contribution in [0.1, 0.15) is 28.0 Å². The summed E-state index contributed by atoms with van der Waals surface area (Å²) in [5.74, 6) is -0.471. The number of amides is 4. The summed E-state index contributed by atoms with van der Waals surface area (Å²) in [4.78, 5) is 48.9. The van der Waals surface area contributed by atoms with Crippen molar-refractivity contribution in [3.05, 3.63) is 71.5 Å². The van der Waals surface area contributed by atoms with Crippen LogP contribution in [-0.4, -0.2) is 57.3 Å². The summed E-state index contributed by atoms with van der Waals surface area (Å²) in [7, 11) is 0. The van der Waals surface area contributed by atoms with Crippen molar-refractivity contribution in [1.29, 1.82) is 5.26 Å². The highest BCUT2D eigenvalue weighted by Gasteiger charge is 2.63. The van der Waals surface area contributed by atoms with E-state index >= 15 is 0 Å². The molecule has 3 aliphatic heterocycles. The number of anilines is 1. The highest BCUT2D eigenvalue weighted by atomic mass is 16.2. The quantitative estimate of drug-likeness (QED) is 0.574. The summed E-state index contributed by atoms with van der Waals surface area (Å²) < 4.78 is 0. The molecule has 4 heterocycles. The van der Waals surface area contributed by atoms with Gasteiger partial charge in [-0.1, -0.05) is 42.0 Å². The molecule has 3 fully saturated rings. The molecular weight excluding hydrogens is 418 g/mol. The lowest BCUT2D eigenvalue weighted by molar-refractivity contribution is -0.121. The Labute approximate surface area is 189 Å². The predicted octanol–water partition coefficient (Wildman–Crippen LogP) is 2.85. The van der Waals surface area contributed by atoms with Crippen molar-refractivity contribution in [2.24, 2.45) is 0 Å². The number of urea groups is 1. The van der Waals surface area contributed by atoms with Gasteiger partial charge in [0.1, 0.15) is 17.8 Å². The summed E-state index contributed by atoms with van der Waals surface area (Å²) in [6, 6.07) is 14.9. The van der Waals surface area contributed by atoms with Crippen LogP contribution >= 0.6 is 0 Å². The lowest BCUT2D eigenvalue weighted by Crippen LogP contribution is -2.54. The third-order valence-electron chi connectivity index (χ3n) is 6.91. The molecule has 2 aromatic carbocycles. The van der Waals surface area contributed by atoms with E-state index in [1.165, 1.54) is 11.1 Å². The number of carbonyl (C=O) groups excluding carboxylic acids is 3. The predicted molar refractivity (Wildman–Crippen MR) is 119 cm³/mol. The van der Waals surface area contributed by atoms with E-state index in [0.29, 0.717) is 35.0 Å².